The number of esters is 1. The molecule has 2 aromatic rings. The molecule has 0 heterocycles. The summed E-state index contributed by atoms with van der Waals surface area (Å²) < 4.78 is 32.3. The van der Waals surface area contributed by atoms with Crippen molar-refractivity contribution in [3.8, 4) is 11.1 Å². The van der Waals surface area contributed by atoms with Gasteiger partial charge in [0.1, 0.15) is 0 Å². The number of carbonyl (C=O) groups excluding carboxylic acids is 1. The van der Waals surface area contributed by atoms with Crippen molar-refractivity contribution >= 4 is 16.0 Å². The van der Waals surface area contributed by atoms with Crippen LogP contribution in [0, 0.1) is 0 Å². The predicted molar refractivity (Wildman–Crippen MR) is 111 cm³/mol. The van der Waals surface area contributed by atoms with Gasteiger partial charge in [-0.05, 0) is 55.5 Å². The Labute approximate surface area is 167 Å². The molecule has 5 nitrogen and oxygen atoms in total. The van der Waals surface area contributed by atoms with Crippen LogP contribution in [-0.2, 0) is 14.8 Å². The van der Waals surface area contributed by atoms with Crippen LogP contribution in [-0.4, -0.2) is 32.8 Å². The topological polar surface area (TPSA) is 72.5 Å². The highest BCUT2D eigenvalue weighted by Crippen LogP contribution is 2.36. The van der Waals surface area contributed by atoms with Crippen LogP contribution < -0.4 is 4.72 Å². The molecule has 1 saturated carbocycles. The molecule has 1 N–H and O–H groups in total. The van der Waals surface area contributed by atoms with E-state index in [9.17, 15) is 13.2 Å². The molecule has 0 unspecified atom stereocenters. The second kappa shape index (κ2) is 8.45. The van der Waals surface area contributed by atoms with Crippen LogP contribution in [0.4, 0.5) is 0 Å². The number of hydrogen-bond donors (Lipinski definition) is 1. The van der Waals surface area contributed by atoms with Gasteiger partial charge < -0.3 is 4.74 Å². The van der Waals surface area contributed by atoms with Crippen LogP contribution in [0.5, 0.6) is 0 Å². The van der Waals surface area contributed by atoms with Crippen LogP contribution in [0.1, 0.15) is 54.9 Å². The number of carbonyl (C=O) groups is 1. The van der Waals surface area contributed by atoms with Gasteiger partial charge >= 0.3 is 5.97 Å². The fourth-order valence-electron chi connectivity index (χ4n) is 3.71. The van der Waals surface area contributed by atoms with Gasteiger partial charge in [-0.25, -0.2) is 17.9 Å². The highest BCUT2D eigenvalue weighted by Gasteiger charge is 2.32. The largest absolute Gasteiger partial charge is 0.465 e. The van der Waals surface area contributed by atoms with Gasteiger partial charge in [-0.2, -0.15) is 0 Å². The molecule has 1 aliphatic carbocycles. The summed E-state index contributed by atoms with van der Waals surface area (Å²) in [7, 11) is -1.93. The zero-order chi connectivity index (χ0) is 20.3. The molecule has 28 heavy (non-hydrogen) atoms. The van der Waals surface area contributed by atoms with Crippen LogP contribution >= 0.6 is 0 Å². The maximum Gasteiger partial charge on any atom is 0.337 e. The highest BCUT2D eigenvalue weighted by molar-refractivity contribution is 7.90. The smallest absolute Gasteiger partial charge is 0.337 e. The van der Waals surface area contributed by atoms with E-state index in [0.29, 0.717) is 5.56 Å². The average Bonchev–Trinajstić information content (AvgIpc) is 3.15. The van der Waals surface area contributed by atoms with Crippen molar-refractivity contribution in [2.75, 3.05) is 7.11 Å². The number of ether oxygens (including phenoxy) is 1. The second-order valence-electron chi connectivity index (χ2n) is 7.55. The molecule has 0 spiro atoms. The van der Waals surface area contributed by atoms with Crippen molar-refractivity contribution in [3.05, 3.63) is 59.7 Å². The Morgan fingerprint density at radius 2 is 1.79 bits per heavy atom. The average molecular weight is 402 g/mol. The third kappa shape index (κ3) is 4.45. The first kappa shape index (κ1) is 20.6. The SMILES string of the molecule is COC(=O)c1ccc(-c2cccc([C@@H]3CCC[C@@H]3NS(=O)(=O)C(C)C)c2)cc1. The van der Waals surface area contributed by atoms with Crippen molar-refractivity contribution in [3.63, 3.8) is 0 Å². The molecular formula is C22H27NO4S. The highest BCUT2D eigenvalue weighted by atomic mass is 32.2. The summed E-state index contributed by atoms with van der Waals surface area (Å²) >= 11 is 0. The van der Waals surface area contributed by atoms with Crippen molar-refractivity contribution in [1.29, 1.82) is 0 Å². The maximum atomic E-state index is 12.3. The summed E-state index contributed by atoms with van der Waals surface area (Å²) in [6.45, 7) is 3.40. The van der Waals surface area contributed by atoms with E-state index in [1.165, 1.54) is 7.11 Å². The Morgan fingerprint density at radius 1 is 1.07 bits per heavy atom. The molecule has 2 atom stereocenters. The van der Waals surface area contributed by atoms with E-state index < -0.39 is 15.3 Å². The summed E-state index contributed by atoms with van der Waals surface area (Å²) in [4.78, 5) is 11.6. The molecule has 2 aromatic carbocycles. The first-order valence-corrected chi connectivity index (χ1v) is 11.2. The third-order valence-corrected chi connectivity index (χ3v) is 7.28. The predicted octanol–water partition coefficient (Wildman–Crippen LogP) is 4.10. The van der Waals surface area contributed by atoms with Gasteiger partial charge in [0.25, 0.3) is 0 Å². The van der Waals surface area contributed by atoms with Gasteiger partial charge in [-0.15, -0.1) is 0 Å². The van der Waals surface area contributed by atoms with Gasteiger partial charge in [-0.3, -0.25) is 0 Å². The molecule has 150 valence electrons. The molecule has 0 bridgehead atoms. The van der Waals surface area contributed by atoms with Gasteiger partial charge in [0.05, 0.1) is 17.9 Å². The number of nitrogens with one attached hydrogen (secondary N) is 1. The normalized spacial score (nSPS) is 19.7. The minimum Gasteiger partial charge on any atom is -0.465 e. The second-order valence-corrected chi connectivity index (χ2v) is 9.82. The van der Waals surface area contributed by atoms with Gasteiger partial charge in [-0.1, -0.05) is 42.8 Å². The molecule has 0 amide bonds. The zero-order valence-corrected chi connectivity index (χ0v) is 17.3. The van der Waals surface area contributed by atoms with Crippen molar-refractivity contribution in [1.82, 2.24) is 4.72 Å². The van der Waals surface area contributed by atoms with E-state index in [0.717, 1.165) is 36.0 Å². The fourth-order valence-corrected chi connectivity index (χ4v) is 4.69. The molecular weight excluding hydrogens is 374 g/mol. The molecule has 3 rings (SSSR count). The van der Waals surface area contributed by atoms with Crippen LogP contribution in [0.15, 0.2) is 48.5 Å². The number of rotatable bonds is 6. The lowest BCUT2D eigenvalue weighted by Gasteiger charge is -2.23. The van der Waals surface area contributed by atoms with Crippen LogP contribution in [0.3, 0.4) is 0 Å². The number of benzene rings is 2. The molecule has 1 fully saturated rings. The fraction of sp³-hybridized carbons (Fsp3) is 0.409. The van der Waals surface area contributed by atoms with E-state index in [1.807, 2.05) is 24.3 Å². The lowest BCUT2D eigenvalue weighted by molar-refractivity contribution is 0.0600. The molecule has 0 aromatic heterocycles. The Balaban J connectivity index is 1.83. The van der Waals surface area contributed by atoms with Crippen LogP contribution in [0.2, 0.25) is 0 Å². The van der Waals surface area contributed by atoms with E-state index in [2.05, 4.69) is 16.9 Å². The maximum absolute atomic E-state index is 12.3. The van der Waals surface area contributed by atoms with Gasteiger partial charge in [0, 0.05) is 12.0 Å². The lowest BCUT2D eigenvalue weighted by Crippen LogP contribution is -2.40. The standard InChI is InChI=1S/C22H27NO4S/c1-15(2)28(25,26)23-21-9-5-8-20(21)19-7-4-6-18(14-19)16-10-12-17(13-11-16)22(24)27-3/h4,6-7,10-15,20-21,23H,5,8-9H2,1-3H3/t20-,21-/m0/s1. The third-order valence-electron chi connectivity index (χ3n) is 5.41. The van der Waals surface area contributed by atoms with Crippen LogP contribution in [0.25, 0.3) is 11.1 Å². The molecule has 0 aliphatic heterocycles. The summed E-state index contributed by atoms with van der Waals surface area (Å²) in [5, 5.41) is -0.437. The monoisotopic (exact) mass is 401 g/mol. The number of hydrogen-bond acceptors (Lipinski definition) is 4. The Hall–Kier alpha value is -2.18. The van der Waals surface area contributed by atoms with E-state index in [1.54, 1.807) is 26.0 Å². The lowest BCUT2D eigenvalue weighted by atomic mass is 9.91. The molecule has 1 aliphatic rings. The Morgan fingerprint density at radius 3 is 2.43 bits per heavy atom. The minimum atomic E-state index is -3.29. The minimum absolute atomic E-state index is 0.0654. The van der Waals surface area contributed by atoms with E-state index in [4.69, 9.17) is 4.74 Å². The van der Waals surface area contributed by atoms with Crippen molar-refractivity contribution < 1.29 is 17.9 Å². The van der Waals surface area contributed by atoms with E-state index >= 15 is 0 Å². The summed E-state index contributed by atoms with van der Waals surface area (Å²) in [5.41, 5.74) is 3.71. The first-order valence-electron chi connectivity index (χ1n) is 9.61. The Kier molecular flexibility index (Phi) is 6.20. The van der Waals surface area contributed by atoms with Gasteiger partial charge in [0.15, 0.2) is 0 Å². The molecule has 0 radical (unpaired) electrons. The van der Waals surface area contributed by atoms with Crippen molar-refractivity contribution in [2.45, 2.75) is 50.3 Å². The zero-order valence-electron chi connectivity index (χ0n) is 16.5. The summed E-state index contributed by atoms with van der Waals surface area (Å²) in [5.74, 6) is -0.186. The summed E-state index contributed by atoms with van der Waals surface area (Å²) in [6, 6.07) is 15.5. The number of methoxy groups -OCH3 is 1. The van der Waals surface area contributed by atoms with E-state index in [-0.39, 0.29) is 17.9 Å². The molecule has 0 saturated heterocycles. The Bertz CT molecular complexity index is 935. The van der Waals surface area contributed by atoms with Gasteiger partial charge in [0.2, 0.25) is 10.0 Å². The summed E-state index contributed by atoms with van der Waals surface area (Å²) in [6.07, 6.45) is 2.83. The first-order chi connectivity index (χ1) is 13.3. The van der Waals surface area contributed by atoms with Crippen molar-refractivity contribution in [2.24, 2.45) is 0 Å². The molecule has 6 heteroatoms. The number of sulfonamides is 1. The quantitative estimate of drug-likeness (QED) is 0.740.